The molecule has 0 aliphatic heterocycles. The zero-order valence-electron chi connectivity index (χ0n) is 14.5. The number of nitriles is 1. The second-order valence-corrected chi connectivity index (χ2v) is 6.98. The van der Waals surface area contributed by atoms with Crippen LogP contribution in [0.1, 0.15) is 5.56 Å². The van der Waals surface area contributed by atoms with Crippen LogP contribution in [-0.4, -0.2) is 4.40 Å². The summed E-state index contributed by atoms with van der Waals surface area (Å²) in [4.78, 5) is 0. The maximum Gasteiger partial charge on any atom is 0.0991 e. The van der Waals surface area contributed by atoms with Gasteiger partial charge in [0.05, 0.1) is 28.2 Å². The van der Waals surface area contributed by atoms with E-state index in [1.54, 1.807) is 0 Å². The van der Waals surface area contributed by atoms with Gasteiger partial charge in [-0.25, -0.2) is 0 Å². The van der Waals surface area contributed by atoms with Crippen molar-refractivity contribution in [1.29, 1.82) is 5.26 Å². The molecule has 4 aromatic carbocycles. The lowest BCUT2D eigenvalue weighted by Gasteiger charge is -2.04. The van der Waals surface area contributed by atoms with E-state index in [0.29, 0.717) is 5.56 Å². The molecule has 2 nitrogen and oxygen atoms in total. The van der Waals surface area contributed by atoms with Gasteiger partial charge >= 0.3 is 0 Å². The molecule has 27 heavy (non-hydrogen) atoms. The standard InChI is InChI=1S/C25H14N2/c26-15-16-6-5-7-17(12-16)18-13-21-19-8-1-3-10-23(19)27-24-11-4-2-9-20(24)22(14-18)25(21)27/h1-14H. The Hall–Kier alpha value is -3.83. The fourth-order valence-electron chi connectivity index (χ4n) is 4.38. The van der Waals surface area contributed by atoms with Crippen molar-refractivity contribution in [1.82, 2.24) is 4.40 Å². The zero-order chi connectivity index (χ0) is 18.0. The van der Waals surface area contributed by atoms with Gasteiger partial charge in [0.1, 0.15) is 0 Å². The molecule has 0 aliphatic carbocycles. The Bertz CT molecular complexity index is 1450. The minimum atomic E-state index is 0.687. The van der Waals surface area contributed by atoms with Crippen molar-refractivity contribution in [3.8, 4) is 17.2 Å². The lowest BCUT2D eigenvalue weighted by molar-refractivity contribution is 1.37. The lowest BCUT2D eigenvalue weighted by Crippen LogP contribution is -1.81. The monoisotopic (exact) mass is 342 g/mol. The summed E-state index contributed by atoms with van der Waals surface area (Å²) in [5.74, 6) is 0. The normalized spacial score (nSPS) is 11.7. The van der Waals surface area contributed by atoms with Crippen LogP contribution in [0.2, 0.25) is 0 Å². The molecule has 2 aromatic heterocycles. The fraction of sp³-hybridized carbons (Fsp3) is 0. The van der Waals surface area contributed by atoms with Gasteiger partial charge in [0.25, 0.3) is 0 Å². The maximum absolute atomic E-state index is 9.27. The summed E-state index contributed by atoms with van der Waals surface area (Å²) >= 11 is 0. The van der Waals surface area contributed by atoms with E-state index >= 15 is 0 Å². The molecular formula is C25H14N2. The molecule has 6 rings (SSSR count). The minimum Gasteiger partial charge on any atom is -0.308 e. The second kappa shape index (κ2) is 5.09. The quantitative estimate of drug-likeness (QED) is 0.341. The van der Waals surface area contributed by atoms with Gasteiger partial charge in [-0.05, 0) is 47.5 Å². The van der Waals surface area contributed by atoms with Gasteiger partial charge in [-0.1, -0.05) is 48.5 Å². The van der Waals surface area contributed by atoms with Crippen LogP contribution >= 0.6 is 0 Å². The van der Waals surface area contributed by atoms with Gasteiger partial charge in [-0.3, -0.25) is 0 Å². The predicted octanol–water partition coefficient (Wildman–Crippen LogP) is 6.38. The van der Waals surface area contributed by atoms with Gasteiger partial charge in [0.15, 0.2) is 0 Å². The summed E-state index contributed by atoms with van der Waals surface area (Å²) in [6.45, 7) is 0. The van der Waals surface area contributed by atoms with Crippen LogP contribution in [0.25, 0.3) is 49.2 Å². The summed E-state index contributed by atoms with van der Waals surface area (Å²) in [6, 6.07) is 31.8. The molecule has 124 valence electrons. The third-order valence-corrected chi connectivity index (χ3v) is 5.53. The largest absolute Gasteiger partial charge is 0.308 e. The van der Waals surface area contributed by atoms with Crippen molar-refractivity contribution < 1.29 is 0 Å². The highest BCUT2D eigenvalue weighted by molar-refractivity contribution is 6.24. The van der Waals surface area contributed by atoms with E-state index in [4.69, 9.17) is 0 Å². The number of hydrogen-bond acceptors (Lipinski definition) is 1. The first-order valence-corrected chi connectivity index (χ1v) is 9.03. The number of para-hydroxylation sites is 2. The molecule has 0 amide bonds. The Kier molecular flexibility index (Phi) is 2.71. The van der Waals surface area contributed by atoms with E-state index < -0.39 is 0 Å². The van der Waals surface area contributed by atoms with E-state index in [9.17, 15) is 5.26 Å². The van der Waals surface area contributed by atoms with Crippen LogP contribution in [0.3, 0.4) is 0 Å². The molecule has 2 heterocycles. The van der Waals surface area contributed by atoms with E-state index in [0.717, 1.165) is 11.1 Å². The Morgan fingerprint density at radius 1 is 0.593 bits per heavy atom. The van der Waals surface area contributed by atoms with E-state index in [2.05, 4.69) is 77.2 Å². The molecular weight excluding hydrogens is 328 g/mol. The Balaban J connectivity index is 1.85. The molecule has 0 spiro atoms. The maximum atomic E-state index is 9.27. The molecule has 6 aromatic rings. The molecule has 2 heteroatoms. The molecule has 0 aliphatic rings. The molecule has 0 saturated heterocycles. The fourth-order valence-corrected chi connectivity index (χ4v) is 4.38. The van der Waals surface area contributed by atoms with Gasteiger partial charge < -0.3 is 4.40 Å². The van der Waals surface area contributed by atoms with E-state index in [1.165, 1.54) is 38.1 Å². The highest BCUT2D eigenvalue weighted by atomic mass is 14.9. The first-order chi connectivity index (χ1) is 13.3. The van der Waals surface area contributed by atoms with E-state index in [1.807, 2.05) is 18.2 Å². The van der Waals surface area contributed by atoms with Crippen LogP contribution in [0, 0.1) is 11.3 Å². The number of rotatable bonds is 1. The molecule has 0 atom stereocenters. The highest BCUT2D eigenvalue weighted by Crippen LogP contribution is 2.41. The van der Waals surface area contributed by atoms with Crippen molar-refractivity contribution in [3.63, 3.8) is 0 Å². The number of aromatic nitrogens is 1. The summed E-state index contributed by atoms with van der Waals surface area (Å²) < 4.78 is 2.38. The molecule has 0 radical (unpaired) electrons. The summed E-state index contributed by atoms with van der Waals surface area (Å²) in [6.07, 6.45) is 0. The summed E-state index contributed by atoms with van der Waals surface area (Å²) in [5.41, 5.74) is 6.66. The smallest absolute Gasteiger partial charge is 0.0991 e. The predicted molar refractivity (Wildman–Crippen MR) is 111 cm³/mol. The first kappa shape index (κ1) is 14.4. The van der Waals surface area contributed by atoms with Crippen LogP contribution in [0.4, 0.5) is 0 Å². The third kappa shape index (κ3) is 1.83. The van der Waals surface area contributed by atoms with Crippen LogP contribution in [0.15, 0.2) is 84.9 Å². The lowest BCUT2D eigenvalue weighted by atomic mass is 9.98. The van der Waals surface area contributed by atoms with Gasteiger partial charge in [-0.2, -0.15) is 5.26 Å². The van der Waals surface area contributed by atoms with Crippen molar-refractivity contribution in [2.75, 3.05) is 0 Å². The summed E-state index contributed by atoms with van der Waals surface area (Å²) in [5, 5.41) is 14.3. The van der Waals surface area contributed by atoms with Crippen LogP contribution in [-0.2, 0) is 0 Å². The number of fused-ring (bicyclic) bond motifs is 6. The third-order valence-electron chi connectivity index (χ3n) is 5.53. The van der Waals surface area contributed by atoms with Crippen molar-refractivity contribution in [2.24, 2.45) is 0 Å². The van der Waals surface area contributed by atoms with Crippen molar-refractivity contribution in [2.45, 2.75) is 0 Å². The van der Waals surface area contributed by atoms with E-state index in [-0.39, 0.29) is 0 Å². The Labute approximate surface area is 155 Å². The van der Waals surface area contributed by atoms with Crippen molar-refractivity contribution >= 4 is 38.1 Å². The molecule has 0 bridgehead atoms. The first-order valence-electron chi connectivity index (χ1n) is 9.03. The van der Waals surface area contributed by atoms with Gasteiger partial charge in [0, 0.05) is 21.5 Å². The SMILES string of the molecule is N#Cc1cccc(-c2cc3c4ccccc4n4c5ccccc5c(c2)c34)c1. The molecule has 0 saturated carbocycles. The van der Waals surface area contributed by atoms with Gasteiger partial charge in [0.2, 0.25) is 0 Å². The minimum absolute atomic E-state index is 0.687. The van der Waals surface area contributed by atoms with Gasteiger partial charge in [-0.15, -0.1) is 0 Å². The second-order valence-electron chi connectivity index (χ2n) is 6.98. The average molecular weight is 342 g/mol. The molecule has 0 N–H and O–H groups in total. The average Bonchev–Trinajstić information content (AvgIpc) is 3.25. The Morgan fingerprint density at radius 3 is 1.85 bits per heavy atom. The molecule has 0 unspecified atom stereocenters. The highest BCUT2D eigenvalue weighted by Gasteiger charge is 2.18. The Morgan fingerprint density at radius 2 is 1.22 bits per heavy atom. The summed E-state index contributed by atoms with van der Waals surface area (Å²) in [7, 11) is 0. The number of nitrogens with zero attached hydrogens (tertiary/aromatic N) is 2. The zero-order valence-corrected chi connectivity index (χ0v) is 14.5. The number of hydrogen-bond donors (Lipinski definition) is 0. The van der Waals surface area contributed by atoms with Crippen molar-refractivity contribution in [3.05, 3.63) is 90.5 Å². The van der Waals surface area contributed by atoms with Crippen LogP contribution in [0.5, 0.6) is 0 Å². The topological polar surface area (TPSA) is 28.2 Å². The number of benzene rings is 4. The van der Waals surface area contributed by atoms with Crippen LogP contribution < -0.4 is 0 Å². The molecule has 0 fully saturated rings.